The number of ether oxygens (including phenoxy) is 15. The van der Waals surface area contributed by atoms with Crippen LogP contribution < -0.4 is 16.0 Å². The van der Waals surface area contributed by atoms with Crippen LogP contribution in [0.3, 0.4) is 0 Å². The minimum absolute atomic E-state index is 0. The standard InChI is InChI=1S/C22H23NO5.C22H21NO5.C15H19NO5.C15H19NO4.C14H17NO4.HI/c2*1-26-19-10-23(20-18(24)12-27-21(19)20)22(25)28-11-17-15-8-4-2-6-13(15)14-7-3-5-9-16(14)17;1-18-11(13-14-12(21-14)9-19-13)7-16-15(17)20-8-10-5-3-2-4-6-10;1-18-14(13-8-5-9-19-13)10-16-15(17)20-11-12-6-3-2-4-7-12;16-12(13-7-4-8-18-13)9-15-14(17)19-10-11-5-2-1-3-6-11;/h2-9,17-21,24H,10-12H2,1H3;2-9,17,19-21H,10-12H2,1H3;2-6,11-14H,7-9H2,1H3,(H,16,17);2-8,13-14H,9-11H2,1H3,(H,16,17);1-7,12-13,16H,8-10H2,(H,15,17);1H/t18-,19-,20+,21+;19-,20+,21+;11-,12-,13+,14-;13-,14-;12-,13-;/m00000./s1. The highest BCUT2D eigenvalue weighted by molar-refractivity contribution is 14.0. The number of halogens is 1. The molecule has 0 aromatic heterocycles. The van der Waals surface area contributed by atoms with Crippen molar-refractivity contribution >= 4 is 60.2 Å². The summed E-state index contributed by atoms with van der Waals surface area (Å²) >= 11 is 0. The molecule has 29 heteroatoms. The summed E-state index contributed by atoms with van der Waals surface area (Å²) in [5.41, 5.74) is 12.2. The molecule has 5 N–H and O–H groups in total. The van der Waals surface area contributed by atoms with Crippen molar-refractivity contribution in [1.82, 2.24) is 25.8 Å². The molecular formula is C88H100IN5O23. The minimum Gasteiger partial charge on any atom is -0.448 e. The van der Waals surface area contributed by atoms with Crippen LogP contribution in [0, 0.1) is 0 Å². The van der Waals surface area contributed by atoms with Gasteiger partial charge in [0, 0.05) is 59.9 Å². The Bertz CT molecular complexity index is 4380. The Kier molecular flexibility index (Phi) is 31.5. The number of nitrogens with zero attached hydrogens (tertiary/aromatic N) is 2. The lowest BCUT2D eigenvalue weighted by Crippen LogP contribution is -2.44. The van der Waals surface area contributed by atoms with Gasteiger partial charge in [-0.1, -0.05) is 212 Å². The van der Waals surface area contributed by atoms with Gasteiger partial charge in [-0.25, -0.2) is 24.0 Å². The average Bonchev–Trinajstić information content (AvgIpc) is 1.63. The van der Waals surface area contributed by atoms with E-state index in [-0.39, 0.29) is 155 Å². The van der Waals surface area contributed by atoms with Gasteiger partial charge in [-0.3, -0.25) is 14.6 Å². The number of fused-ring (bicyclic) bond motifs is 9. The van der Waals surface area contributed by atoms with Crippen molar-refractivity contribution in [2.45, 2.75) is 123 Å². The van der Waals surface area contributed by atoms with Crippen molar-refractivity contribution in [2.24, 2.45) is 0 Å². The number of ketones is 1. The predicted octanol–water partition coefficient (Wildman–Crippen LogP) is 9.82. The van der Waals surface area contributed by atoms with Gasteiger partial charge >= 0.3 is 30.5 Å². The third-order valence-corrected chi connectivity index (χ3v) is 21.7. The SMILES string of the molecule is CO[C@@H](CNC(=O)OCc1ccccc1)[C@@H]1C=CCO1.CO[C@@H](CNC(=O)OCc1ccccc1)[C@H]1OC[C@@H]2O[C@H]12.CO[C@H]1CN(C(=O)OCC2c3ccccc3-c3ccccc32)[C@@H]2C(=O)CO[C@H]12.CO[C@H]1CN(C(=O)OCC2c3ccccc3-c3ccccc32)[C@H]2[C@@H]1OC[C@@H]2O.I.O=C(NC[C@H](O)[C@@H]1C=CCO1)OCc1ccccc1. The maximum absolute atomic E-state index is 12.9. The van der Waals surface area contributed by atoms with Crippen LogP contribution in [0.15, 0.2) is 212 Å². The molecule has 8 heterocycles. The molecule has 2 aliphatic carbocycles. The molecule has 10 aliphatic rings. The van der Waals surface area contributed by atoms with Crippen LogP contribution in [0.25, 0.3) is 22.3 Å². The van der Waals surface area contributed by atoms with E-state index in [2.05, 4.69) is 64.5 Å². The van der Waals surface area contributed by atoms with Crippen molar-refractivity contribution in [1.29, 1.82) is 0 Å². The summed E-state index contributed by atoms with van der Waals surface area (Å²) in [6.45, 7) is 4.56. The van der Waals surface area contributed by atoms with Crippen molar-refractivity contribution < 1.29 is 110 Å². The third kappa shape index (κ3) is 22.0. The summed E-state index contributed by atoms with van der Waals surface area (Å²) in [7, 11) is 6.35. The van der Waals surface area contributed by atoms with E-state index in [1.54, 1.807) is 39.4 Å². The van der Waals surface area contributed by atoms with Gasteiger partial charge < -0.3 is 97.2 Å². The highest BCUT2D eigenvalue weighted by Gasteiger charge is 2.56. The molecule has 0 spiro atoms. The van der Waals surface area contributed by atoms with Crippen molar-refractivity contribution in [3.05, 3.63) is 251 Å². The fourth-order valence-electron chi connectivity index (χ4n) is 15.7. The summed E-state index contributed by atoms with van der Waals surface area (Å²) in [6, 6.07) is 60.3. The number of aliphatic hydroxyl groups excluding tert-OH is 2. The number of epoxide rings is 1. The van der Waals surface area contributed by atoms with Gasteiger partial charge in [0.2, 0.25) is 0 Å². The van der Waals surface area contributed by atoms with E-state index in [4.69, 9.17) is 71.1 Å². The summed E-state index contributed by atoms with van der Waals surface area (Å²) in [6.07, 6.45) is 1.63. The van der Waals surface area contributed by atoms with Gasteiger partial charge in [-0.15, -0.1) is 24.0 Å². The number of carbonyl (C=O) groups excluding carboxylic acids is 6. The Hall–Kier alpha value is -9.71. The van der Waals surface area contributed by atoms with Gasteiger partial charge in [-0.05, 0) is 61.2 Å². The maximum atomic E-state index is 12.9. The van der Waals surface area contributed by atoms with E-state index in [9.17, 15) is 39.0 Å². The van der Waals surface area contributed by atoms with Gasteiger partial charge in [0.05, 0.1) is 45.6 Å². The highest BCUT2D eigenvalue weighted by atomic mass is 127. The normalized spacial score (nSPS) is 24.1. The molecular weight excluding hydrogens is 1620 g/mol. The topological polar surface area (TPSA) is 327 Å². The fraction of sp³-hybridized carbons (Fsp3) is 0.409. The zero-order valence-corrected chi connectivity index (χ0v) is 67.7. The lowest BCUT2D eigenvalue weighted by Gasteiger charge is -2.25. The molecule has 5 amide bonds. The third-order valence-electron chi connectivity index (χ3n) is 21.7. The number of likely N-dealkylation sites (tertiary alicyclic amines) is 2. The number of aliphatic hydroxyl groups is 2. The molecule has 17 rings (SSSR count). The van der Waals surface area contributed by atoms with Gasteiger partial charge in [0.25, 0.3) is 0 Å². The minimum atomic E-state index is -0.761. The number of hydrogen-bond donors (Lipinski definition) is 5. The molecule has 7 aromatic rings. The molecule has 15 atom stereocenters. The van der Waals surface area contributed by atoms with Crippen molar-refractivity contribution in [3.63, 3.8) is 0 Å². The number of nitrogens with one attached hydrogen (secondary N) is 3. The second-order valence-corrected chi connectivity index (χ2v) is 28.8. The molecule has 622 valence electrons. The van der Waals surface area contributed by atoms with E-state index < -0.39 is 60.9 Å². The molecule has 28 nitrogen and oxygen atoms in total. The summed E-state index contributed by atoms with van der Waals surface area (Å²) < 4.78 is 81.0. The van der Waals surface area contributed by atoms with Crippen molar-refractivity contribution in [2.75, 3.05) is 107 Å². The molecule has 0 saturated carbocycles. The Morgan fingerprint density at radius 1 is 0.470 bits per heavy atom. The fourth-order valence-corrected chi connectivity index (χ4v) is 15.7. The Labute approximate surface area is 696 Å². The lowest BCUT2D eigenvalue weighted by molar-refractivity contribution is -0.121. The van der Waals surface area contributed by atoms with E-state index in [1.807, 2.05) is 158 Å². The predicted molar refractivity (Wildman–Crippen MR) is 436 cm³/mol. The van der Waals surface area contributed by atoms with Crippen LogP contribution >= 0.6 is 24.0 Å². The first-order valence-corrected chi connectivity index (χ1v) is 38.8. The number of amides is 5. The first kappa shape index (κ1) is 86.6. The highest BCUT2D eigenvalue weighted by Crippen LogP contribution is 2.47. The van der Waals surface area contributed by atoms with E-state index in [0.717, 1.165) is 27.8 Å². The van der Waals surface area contributed by atoms with Crippen LogP contribution in [0.5, 0.6) is 0 Å². The van der Waals surface area contributed by atoms with Gasteiger partial charge in [0.15, 0.2) is 5.78 Å². The van der Waals surface area contributed by atoms with E-state index in [1.165, 1.54) is 38.3 Å². The summed E-state index contributed by atoms with van der Waals surface area (Å²) in [4.78, 5) is 75.6. The molecule has 6 saturated heterocycles. The molecule has 7 aromatic carbocycles. The summed E-state index contributed by atoms with van der Waals surface area (Å²) in [5.74, 6) is -0.0979. The zero-order chi connectivity index (χ0) is 80.9. The Morgan fingerprint density at radius 3 is 1.32 bits per heavy atom. The molecule has 0 radical (unpaired) electrons. The number of alkyl carbamates (subject to hydrolysis) is 3. The largest absolute Gasteiger partial charge is 0.448 e. The first-order chi connectivity index (χ1) is 56.7. The number of rotatable bonds is 23. The molecule has 8 aliphatic heterocycles. The van der Waals surface area contributed by atoms with E-state index in [0.29, 0.717) is 46.0 Å². The van der Waals surface area contributed by atoms with Crippen LogP contribution in [0.4, 0.5) is 24.0 Å². The first-order valence-electron chi connectivity index (χ1n) is 38.8. The number of benzene rings is 7. The second-order valence-electron chi connectivity index (χ2n) is 28.8. The maximum Gasteiger partial charge on any atom is 0.410 e. The smallest absolute Gasteiger partial charge is 0.410 e. The van der Waals surface area contributed by atoms with E-state index >= 15 is 0 Å². The quantitative estimate of drug-likeness (QED) is 0.0172. The number of Topliss-reactive ketones (excluding diaryl/α,β-unsaturated/α-hetero) is 1. The lowest BCUT2D eigenvalue weighted by atomic mass is 9.98. The van der Waals surface area contributed by atoms with Crippen molar-refractivity contribution in [3.8, 4) is 22.3 Å². The summed E-state index contributed by atoms with van der Waals surface area (Å²) in [5, 5.41) is 27.9. The van der Waals surface area contributed by atoms with Crippen LogP contribution in [0.1, 0.15) is 50.8 Å². The Morgan fingerprint density at radius 2 is 0.889 bits per heavy atom. The average molecular weight is 1720 g/mol. The van der Waals surface area contributed by atoms with Crippen LogP contribution in [-0.4, -0.2) is 255 Å². The van der Waals surface area contributed by atoms with Gasteiger partial charge in [-0.2, -0.15) is 0 Å². The monoisotopic (exact) mass is 1720 g/mol. The second kappa shape index (κ2) is 42.6. The number of hydrogen-bond acceptors (Lipinski definition) is 23. The van der Waals surface area contributed by atoms with Gasteiger partial charge in [0.1, 0.15) is 125 Å². The zero-order valence-electron chi connectivity index (χ0n) is 65.4. The van der Waals surface area contributed by atoms with Crippen LogP contribution in [-0.2, 0) is 95.7 Å². The van der Waals surface area contributed by atoms with Crippen LogP contribution in [0.2, 0.25) is 0 Å². The molecule has 0 unspecified atom stereocenters. The molecule has 6 fully saturated rings. The number of carbonyl (C=O) groups is 6. The molecule has 0 bridgehead atoms. The number of methoxy groups -OCH3 is 4. The molecule has 117 heavy (non-hydrogen) atoms. The Balaban J connectivity index is 0.000000136.